The number of amides is 1. The lowest BCUT2D eigenvalue weighted by Gasteiger charge is -2.09. The summed E-state index contributed by atoms with van der Waals surface area (Å²) >= 11 is 6.05. The van der Waals surface area contributed by atoms with Crippen LogP contribution in [0.1, 0.15) is 35.0 Å². The van der Waals surface area contributed by atoms with Gasteiger partial charge in [0.25, 0.3) is 5.91 Å². The molecule has 2 aromatic heterocycles. The van der Waals surface area contributed by atoms with Crippen molar-refractivity contribution in [1.29, 1.82) is 0 Å². The normalized spacial score (nSPS) is 10.4. The van der Waals surface area contributed by atoms with E-state index in [1.807, 2.05) is 6.92 Å². The molecule has 0 saturated heterocycles. The van der Waals surface area contributed by atoms with Crippen LogP contribution < -0.4 is 10.6 Å². The number of halogens is 1. The molecule has 3 N–H and O–H groups in total. The van der Waals surface area contributed by atoms with Crippen LogP contribution in [0.25, 0.3) is 0 Å². The van der Waals surface area contributed by atoms with Crippen LogP contribution in [-0.4, -0.2) is 27.6 Å². The molecule has 0 atom stereocenters. The van der Waals surface area contributed by atoms with E-state index < -0.39 is 0 Å². The second-order valence-electron chi connectivity index (χ2n) is 4.68. The topological polar surface area (TPSA) is 82.7 Å². The fourth-order valence-corrected chi connectivity index (χ4v) is 1.98. The third-order valence-corrected chi connectivity index (χ3v) is 3.33. The van der Waals surface area contributed by atoms with Gasteiger partial charge < -0.3 is 10.6 Å². The Morgan fingerprint density at radius 1 is 1.43 bits per heavy atom. The molecule has 0 aromatic carbocycles. The number of aromatic amines is 1. The number of aromatic nitrogens is 3. The van der Waals surface area contributed by atoms with Gasteiger partial charge in [-0.3, -0.25) is 9.89 Å². The third kappa shape index (κ3) is 3.95. The van der Waals surface area contributed by atoms with Gasteiger partial charge in [0.15, 0.2) is 0 Å². The van der Waals surface area contributed by atoms with E-state index in [1.54, 1.807) is 12.3 Å². The van der Waals surface area contributed by atoms with E-state index in [1.165, 1.54) is 6.20 Å². The van der Waals surface area contributed by atoms with Gasteiger partial charge in [-0.05, 0) is 19.4 Å². The van der Waals surface area contributed by atoms with Gasteiger partial charge in [-0.2, -0.15) is 5.10 Å². The number of rotatable bonds is 6. The van der Waals surface area contributed by atoms with Gasteiger partial charge in [-0.15, -0.1) is 0 Å². The zero-order valence-electron chi connectivity index (χ0n) is 12.0. The summed E-state index contributed by atoms with van der Waals surface area (Å²) in [7, 11) is 0. The molecule has 0 aliphatic heterocycles. The van der Waals surface area contributed by atoms with Crippen molar-refractivity contribution >= 4 is 23.3 Å². The number of pyridine rings is 1. The van der Waals surface area contributed by atoms with E-state index in [0.717, 1.165) is 24.2 Å². The summed E-state index contributed by atoms with van der Waals surface area (Å²) in [5.74, 6) is 0.411. The monoisotopic (exact) mass is 307 g/mol. The molecule has 2 rings (SSSR count). The van der Waals surface area contributed by atoms with E-state index in [0.29, 0.717) is 22.9 Å². The van der Waals surface area contributed by atoms with Gasteiger partial charge in [0.2, 0.25) is 0 Å². The molecule has 112 valence electrons. The SMILES string of the molecule is CCCNc1cc(C(=O)NCc2cn[nH]c2C)c(Cl)cn1. The van der Waals surface area contributed by atoms with Crippen molar-refractivity contribution in [2.45, 2.75) is 26.8 Å². The van der Waals surface area contributed by atoms with Gasteiger partial charge in [-0.1, -0.05) is 18.5 Å². The van der Waals surface area contributed by atoms with E-state index in [-0.39, 0.29) is 5.91 Å². The van der Waals surface area contributed by atoms with E-state index >= 15 is 0 Å². The first kappa shape index (κ1) is 15.3. The van der Waals surface area contributed by atoms with Crippen LogP contribution in [0.2, 0.25) is 5.02 Å². The first-order valence-electron chi connectivity index (χ1n) is 6.78. The Morgan fingerprint density at radius 2 is 2.24 bits per heavy atom. The number of carbonyl (C=O) groups excluding carboxylic acids is 1. The Labute approximate surface area is 128 Å². The Balaban J connectivity index is 2.05. The molecular formula is C14H18ClN5O. The highest BCUT2D eigenvalue weighted by atomic mass is 35.5. The first-order valence-corrected chi connectivity index (χ1v) is 7.16. The molecule has 0 fully saturated rings. The Hall–Kier alpha value is -2.08. The van der Waals surface area contributed by atoms with Crippen molar-refractivity contribution < 1.29 is 4.79 Å². The molecule has 0 aliphatic rings. The Bertz CT molecular complexity index is 626. The van der Waals surface area contributed by atoms with Crippen molar-refractivity contribution in [1.82, 2.24) is 20.5 Å². The van der Waals surface area contributed by atoms with Gasteiger partial charge in [0.05, 0.1) is 16.8 Å². The molecule has 2 aromatic rings. The Kier molecular flexibility index (Phi) is 5.16. The standard InChI is InChI=1S/C14H18ClN5O/c1-3-4-16-13-5-11(12(15)8-17-13)14(21)18-6-10-7-19-20-9(10)2/h5,7-8H,3-4,6H2,1-2H3,(H,16,17)(H,18,21)(H,19,20). The van der Waals surface area contributed by atoms with Crippen LogP contribution in [0.15, 0.2) is 18.5 Å². The highest BCUT2D eigenvalue weighted by Crippen LogP contribution is 2.18. The predicted molar refractivity (Wildman–Crippen MR) is 82.5 cm³/mol. The quantitative estimate of drug-likeness (QED) is 0.766. The first-order chi connectivity index (χ1) is 10.1. The summed E-state index contributed by atoms with van der Waals surface area (Å²) in [5.41, 5.74) is 2.28. The number of aryl methyl sites for hydroxylation is 1. The summed E-state index contributed by atoms with van der Waals surface area (Å²) in [6.07, 6.45) is 4.15. The highest BCUT2D eigenvalue weighted by molar-refractivity contribution is 6.33. The third-order valence-electron chi connectivity index (χ3n) is 3.03. The van der Waals surface area contributed by atoms with Gasteiger partial charge in [-0.25, -0.2) is 4.98 Å². The highest BCUT2D eigenvalue weighted by Gasteiger charge is 2.12. The molecule has 21 heavy (non-hydrogen) atoms. The predicted octanol–water partition coefficient (Wildman–Crippen LogP) is 2.52. The van der Waals surface area contributed by atoms with Crippen LogP contribution >= 0.6 is 11.6 Å². The second kappa shape index (κ2) is 7.08. The lowest BCUT2D eigenvalue weighted by atomic mass is 10.2. The summed E-state index contributed by atoms with van der Waals surface area (Å²) in [5, 5.41) is 13.0. The van der Waals surface area contributed by atoms with Gasteiger partial charge in [0.1, 0.15) is 5.82 Å². The molecule has 0 unspecified atom stereocenters. The van der Waals surface area contributed by atoms with E-state index in [4.69, 9.17) is 11.6 Å². The number of anilines is 1. The van der Waals surface area contributed by atoms with Crippen LogP contribution in [0.3, 0.4) is 0 Å². The minimum Gasteiger partial charge on any atom is -0.370 e. The molecule has 2 heterocycles. The summed E-state index contributed by atoms with van der Waals surface area (Å²) in [6, 6.07) is 1.66. The number of hydrogen-bond donors (Lipinski definition) is 3. The lowest BCUT2D eigenvalue weighted by molar-refractivity contribution is 0.0951. The van der Waals surface area contributed by atoms with Crippen molar-refractivity contribution in [2.24, 2.45) is 0 Å². The Morgan fingerprint density at radius 3 is 2.90 bits per heavy atom. The maximum Gasteiger partial charge on any atom is 0.253 e. The van der Waals surface area contributed by atoms with E-state index in [9.17, 15) is 4.79 Å². The molecule has 7 heteroatoms. The van der Waals surface area contributed by atoms with Crippen molar-refractivity contribution in [3.8, 4) is 0 Å². The lowest BCUT2D eigenvalue weighted by Crippen LogP contribution is -2.23. The fraction of sp³-hybridized carbons (Fsp3) is 0.357. The number of nitrogens with zero attached hydrogens (tertiary/aromatic N) is 2. The van der Waals surface area contributed by atoms with Crippen molar-refractivity contribution in [2.75, 3.05) is 11.9 Å². The van der Waals surface area contributed by atoms with Gasteiger partial charge >= 0.3 is 0 Å². The minimum atomic E-state index is -0.234. The molecular weight excluding hydrogens is 290 g/mol. The average Bonchev–Trinajstić information content (AvgIpc) is 2.89. The molecule has 6 nitrogen and oxygen atoms in total. The van der Waals surface area contributed by atoms with Crippen LogP contribution in [-0.2, 0) is 6.54 Å². The fourth-order valence-electron chi connectivity index (χ4n) is 1.79. The summed E-state index contributed by atoms with van der Waals surface area (Å²) in [4.78, 5) is 16.4. The molecule has 0 saturated carbocycles. The van der Waals surface area contributed by atoms with Crippen LogP contribution in [0, 0.1) is 6.92 Å². The maximum absolute atomic E-state index is 12.2. The van der Waals surface area contributed by atoms with E-state index in [2.05, 4.69) is 32.7 Å². The summed E-state index contributed by atoms with van der Waals surface area (Å²) in [6.45, 7) is 5.16. The van der Waals surface area contributed by atoms with Crippen LogP contribution in [0.5, 0.6) is 0 Å². The van der Waals surface area contributed by atoms with Crippen molar-refractivity contribution in [3.05, 3.63) is 40.3 Å². The summed E-state index contributed by atoms with van der Waals surface area (Å²) < 4.78 is 0. The molecule has 0 bridgehead atoms. The van der Waals surface area contributed by atoms with Crippen LogP contribution in [0.4, 0.5) is 5.82 Å². The minimum absolute atomic E-state index is 0.234. The number of carbonyl (C=O) groups is 1. The molecule has 0 radical (unpaired) electrons. The maximum atomic E-state index is 12.2. The largest absolute Gasteiger partial charge is 0.370 e. The van der Waals surface area contributed by atoms with Crippen molar-refractivity contribution in [3.63, 3.8) is 0 Å². The second-order valence-corrected chi connectivity index (χ2v) is 5.09. The number of nitrogens with one attached hydrogen (secondary N) is 3. The molecule has 0 spiro atoms. The number of H-pyrrole nitrogens is 1. The molecule has 1 amide bonds. The zero-order valence-corrected chi connectivity index (χ0v) is 12.8. The zero-order chi connectivity index (χ0) is 15.2. The number of hydrogen-bond acceptors (Lipinski definition) is 4. The smallest absolute Gasteiger partial charge is 0.253 e. The molecule has 0 aliphatic carbocycles. The average molecular weight is 308 g/mol. The van der Waals surface area contributed by atoms with Gasteiger partial charge in [0, 0.05) is 30.5 Å².